The molecule has 1 heterocycles. The molecule has 0 unspecified atom stereocenters. The van der Waals surface area contributed by atoms with E-state index < -0.39 is 0 Å². The van der Waals surface area contributed by atoms with Crippen LogP contribution in [0.15, 0.2) is 11.2 Å². The number of hydrogen-bond acceptors (Lipinski definition) is 3. The molecule has 0 aliphatic rings. The number of hydrogen-bond donors (Lipinski definition) is 2. The zero-order valence-corrected chi connectivity index (χ0v) is 13.3. The molecule has 2 N–H and O–H groups in total. The summed E-state index contributed by atoms with van der Waals surface area (Å²) in [5.41, 5.74) is 0. The van der Waals surface area contributed by atoms with E-state index in [2.05, 4.69) is 41.4 Å². The summed E-state index contributed by atoms with van der Waals surface area (Å²) in [6.45, 7) is 8.33. The smallest absolute Gasteiger partial charge is 0.191 e. The molecular formula is C14H26N4S. The van der Waals surface area contributed by atoms with Crippen molar-refractivity contribution in [3.8, 4) is 0 Å². The number of guanidine groups is 1. The number of aromatic nitrogens is 1. The summed E-state index contributed by atoms with van der Waals surface area (Å²) >= 11 is 1.76. The van der Waals surface area contributed by atoms with Crippen molar-refractivity contribution in [2.75, 3.05) is 13.6 Å². The molecule has 0 aliphatic heterocycles. The fourth-order valence-corrected chi connectivity index (χ4v) is 2.59. The zero-order chi connectivity index (χ0) is 14.1. The highest BCUT2D eigenvalue weighted by Gasteiger charge is 2.06. The molecule has 0 spiro atoms. The number of nitrogens with one attached hydrogen (secondary N) is 2. The highest BCUT2D eigenvalue weighted by atomic mass is 32.1. The van der Waals surface area contributed by atoms with Crippen molar-refractivity contribution >= 4 is 17.3 Å². The van der Waals surface area contributed by atoms with Crippen LogP contribution in [0.3, 0.4) is 0 Å². The van der Waals surface area contributed by atoms with Gasteiger partial charge in [-0.1, -0.05) is 33.6 Å². The van der Waals surface area contributed by atoms with E-state index in [4.69, 9.17) is 0 Å². The Morgan fingerprint density at radius 3 is 2.58 bits per heavy atom. The summed E-state index contributed by atoms with van der Waals surface area (Å²) in [7, 11) is 1.81. The Labute approximate surface area is 120 Å². The van der Waals surface area contributed by atoms with Crippen LogP contribution in [0, 0.1) is 5.92 Å². The minimum Gasteiger partial charge on any atom is -0.356 e. The fourth-order valence-electron chi connectivity index (χ4n) is 1.79. The van der Waals surface area contributed by atoms with Crippen molar-refractivity contribution in [3.05, 3.63) is 16.1 Å². The van der Waals surface area contributed by atoms with Gasteiger partial charge < -0.3 is 10.6 Å². The van der Waals surface area contributed by atoms with Crippen LogP contribution in [0.4, 0.5) is 0 Å². The Bertz CT molecular complexity index is 383. The van der Waals surface area contributed by atoms with Crippen LogP contribution in [0.1, 0.15) is 43.5 Å². The van der Waals surface area contributed by atoms with E-state index in [1.54, 1.807) is 11.3 Å². The molecule has 0 aromatic carbocycles. The third-order valence-electron chi connectivity index (χ3n) is 3.29. The summed E-state index contributed by atoms with van der Waals surface area (Å²) in [6, 6.07) is 0. The Kier molecular flexibility index (Phi) is 7.48. The minimum atomic E-state index is 0.713. The van der Waals surface area contributed by atoms with Crippen LogP contribution in [-0.4, -0.2) is 24.5 Å². The largest absolute Gasteiger partial charge is 0.356 e. The molecule has 1 aromatic rings. The summed E-state index contributed by atoms with van der Waals surface area (Å²) in [6.07, 6.45) is 5.42. The summed E-state index contributed by atoms with van der Waals surface area (Å²) in [5, 5.41) is 7.80. The Balaban J connectivity index is 2.36. The lowest BCUT2D eigenvalue weighted by Crippen LogP contribution is -2.39. The number of rotatable bonds is 7. The van der Waals surface area contributed by atoms with Crippen LogP contribution in [0.2, 0.25) is 0 Å². The molecule has 108 valence electrons. The van der Waals surface area contributed by atoms with Crippen LogP contribution in [0.5, 0.6) is 0 Å². The van der Waals surface area contributed by atoms with E-state index in [0.29, 0.717) is 5.92 Å². The van der Waals surface area contributed by atoms with Crippen molar-refractivity contribution < 1.29 is 0 Å². The molecule has 4 nitrogen and oxygen atoms in total. The van der Waals surface area contributed by atoms with Crippen molar-refractivity contribution in [2.45, 2.75) is 46.6 Å². The first-order valence-corrected chi connectivity index (χ1v) is 7.93. The van der Waals surface area contributed by atoms with Gasteiger partial charge in [0.25, 0.3) is 0 Å². The predicted molar refractivity (Wildman–Crippen MR) is 83.8 cm³/mol. The highest BCUT2D eigenvalue weighted by Crippen LogP contribution is 2.12. The lowest BCUT2D eigenvalue weighted by molar-refractivity contribution is 0.481. The molecule has 5 heteroatoms. The highest BCUT2D eigenvalue weighted by molar-refractivity contribution is 7.11. The predicted octanol–water partition coefficient (Wildman–Crippen LogP) is 2.81. The molecule has 0 radical (unpaired) electrons. The molecule has 0 saturated heterocycles. The summed E-state index contributed by atoms with van der Waals surface area (Å²) < 4.78 is 0. The van der Waals surface area contributed by atoms with Crippen LogP contribution < -0.4 is 10.6 Å². The average molecular weight is 282 g/mol. The average Bonchev–Trinajstić information content (AvgIpc) is 2.91. The molecule has 0 aliphatic carbocycles. The van der Waals surface area contributed by atoms with E-state index in [9.17, 15) is 0 Å². The molecule has 0 fully saturated rings. The first-order chi connectivity index (χ1) is 9.23. The molecule has 0 saturated carbocycles. The molecular weight excluding hydrogens is 256 g/mol. The number of nitrogens with zero attached hydrogens (tertiary/aromatic N) is 2. The van der Waals surface area contributed by atoms with Gasteiger partial charge in [-0.2, -0.15) is 0 Å². The maximum atomic E-state index is 4.39. The maximum absolute atomic E-state index is 4.39. The van der Waals surface area contributed by atoms with E-state index in [-0.39, 0.29) is 0 Å². The summed E-state index contributed by atoms with van der Waals surface area (Å²) in [5.74, 6) is 1.57. The minimum absolute atomic E-state index is 0.713. The molecule has 0 atom stereocenters. The second-order valence-electron chi connectivity index (χ2n) is 4.56. The quantitative estimate of drug-likeness (QED) is 0.597. The van der Waals surface area contributed by atoms with E-state index >= 15 is 0 Å². The van der Waals surface area contributed by atoms with Gasteiger partial charge in [-0.3, -0.25) is 4.99 Å². The molecule has 0 amide bonds. The van der Waals surface area contributed by atoms with Gasteiger partial charge in [0.2, 0.25) is 0 Å². The van der Waals surface area contributed by atoms with E-state index in [0.717, 1.165) is 30.5 Å². The van der Waals surface area contributed by atoms with Crippen molar-refractivity contribution in [1.29, 1.82) is 0 Å². The third kappa shape index (κ3) is 5.59. The second-order valence-corrected chi connectivity index (χ2v) is 5.76. The normalized spacial score (nSPS) is 11.9. The van der Waals surface area contributed by atoms with Crippen LogP contribution >= 0.6 is 11.3 Å². The third-order valence-corrected chi connectivity index (χ3v) is 4.44. The SMILES string of the molecule is CCc1cnc(CNC(=NC)NCC(CC)CC)s1. The van der Waals surface area contributed by atoms with Crippen molar-refractivity contribution in [2.24, 2.45) is 10.9 Å². The Morgan fingerprint density at radius 1 is 1.32 bits per heavy atom. The standard InChI is InChI=1S/C14H26N4S/c1-5-11(6-2)8-17-14(15-4)18-10-13-16-9-12(7-3)19-13/h9,11H,5-8,10H2,1-4H3,(H2,15,17,18). The molecule has 1 rings (SSSR count). The van der Waals surface area contributed by atoms with Gasteiger partial charge in [0.15, 0.2) is 5.96 Å². The number of thiazole rings is 1. The van der Waals surface area contributed by atoms with Gasteiger partial charge >= 0.3 is 0 Å². The first-order valence-electron chi connectivity index (χ1n) is 7.11. The Morgan fingerprint density at radius 2 is 2.05 bits per heavy atom. The summed E-state index contributed by atoms with van der Waals surface area (Å²) in [4.78, 5) is 9.97. The van der Waals surface area contributed by atoms with Gasteiger partial charge in [0, 0.05) is 24.7 Å². The van der Waals surface area contributed by atoms with Gasteiger partial charge in [0.05, 0.1) is 6.54 Å². The topological polar surface area (TPSA) is 49.3 Å². The lowest BCUT2D eigenvalue weighted by atomic mass is 10.0. The number of aliphatic imine (C=N–C) groups is 1. The van der Waals surface area contributed by atoms with Gasteiger partial charge in [-0.25, -0.2) is 4.98 Å². The van der Waals surface area contributed by atoms with Crippen molar-refractivity contribution in [3.63, 3.8) is 0 Å². The van der Waals surface area contributed by atoms with Crippen molar-refractivity contribution in [1.82, 2.24) is 15.6 Å². The molecule has 19 heavy (non-hydrogen) atoms. The van der Waals surface area contributed by atoms with Gasteiger partial charge in [-0.05, 0) is 12.3 Å². The monoisotopic (exact) mass is 282 g/mol. The second kappa shape index (κ2) is 8.91. The fraction of sp³-hybridized carbons (Fsp3) is 0.714. The zero-order valence-electron chi connectivity index (χ0n) is 12.5. The van der Waals surface area contributed by atoms with E-state index in [1.807, 2.05) is 13.2 Å². The maximum Gasteiger partial charge on any atom is 0.191 e. The molecule has 0 bridgehead atoms. The Hall–Kier alpha value is -1.10. The van der Waals surface area contributed by atoms with Crippen LogP contribution in [0.25, 0.3) is 0 Å². The molecule has 1 aromatic heterocycles. The first kappa shape index (κ1) is 16.0. The van der Waals surface area contributed by atoms with E-state index in [1.165, 1.54) is 17.7 Å². The van der Waals surface area contributed by atoms with Gasteiger partial charge in [0.1, 0.15) is 5.01 Å². The lowest BCUT2D eigenvalue weighted by Gasteiger charge is -2.16. The number of aryl methyl sites for hydroxylation is 1. The van der Waals surface area contributed by atoms with Gasteiger partial charge in [-0.15, -0.1) is 11.3 Å². The van der Waals surface area contributed by atoms with Crippen LogP contribution in [-0.2, 0) is 13.0 Å².